The molecule has 1 aliphatic heterocycles. The molecule has 9 nitrogen and oxygen atoms in total. The second-order valence-corrected chi connectivity index (χ2v) is 9.47. The summed E-state index contributed by atoms with van der Waals surface area (Å²) in [4.78, 5) is 28.9. The van der Waals surface area contributed by atoms with Gasteiger partial charge in [-0.1, -0.05) is 30.3 Å². The summed E-state index contributed by atoms with van der Waals surface area (Å²) in [6.07, 6.45) is 0. The van der Waals surface area contributed by atoms with Gasteiger partial charge >= 0.3 is 5.97 Å². The van der Waals surface area contributed by atoms with Gasteiger partial charge in [-0.3, -0.25) is 9.69 Å². The molecule has 1 amide bonds. The Morgan fingerprint density at radius 3 is 2.21 bits per heavy atom. The molecule has 1 aliphatic rings. The van der Waals surface area contributed by atoms with Gasteiger partial charge < -0.3 is 14.1 Å². The minimum atomic E-state index is -3.91. The molecule has 0 radical (unpaired) electrons. The maximum Gasteiger partial charge on any atom is 0.374 e. The fourth-order valence-electron chi connectivity index (χ4n) is 3.95. The van der Waals surface area contributed by atoms with Crippen LogP contribution in [0.2, 0.25) is 0 Å². The summed E-state index contributed by atoms with van der Waals surface area (Å²) in [5.74, 6) is -0.847. The van der Waals surface area contributed by atoms with E-state index >= 15 is 0 Å². The Morgan fingerprint density at radius 1 is 1.00 bits per heavy atom. The number of benzene rings is 1. The predicted molar refractivity (Wildman–Crippen MR) is 122 cm³/mol. The number of rotatable bonds is 9. The lowest BCUT2D eigenvalue weighted by atomic mass is 10.0. The number of piperazine rings is 1. The van der Waals surface area contributed by atoms with E-state index in [1.165, 1.54) is 16.4 Å². The van der Waals surface area contributed by atoms with E-state index in [2.05, 4.69) is 0 Å². The number of esters is 1. The van der Waals surface area contributed by atoms with Gasteiger partial charge in [0.05, 0.1) is 6.61 Å². The molecular weight excluding hydrogens is 446 g/mol. The molecule has 1 unspecified atom stereocenters. The second kappa shape index (κ2) is 11.0. The molecule has 3 rings (SSSR count). The van der Waals surface area contributed by atoms with Gasteiger partial charge in [-0.05, 0) is 38.5 Å². The van der Waals surface area contributed by atoms with E-state index in [0.29, 0.717) is 26.2 Å². The second-order valence-electron chi connectivity index (χ2n) is 7.60. The molecule has 1 saturated heterocycles. The third-order valence-electron chi connectivity index (χ3n) is 5.71. The van der Waals surface area contributed by atoms with Crippen molar-refractivity contribution in [2.45, 2.75) is 31.9 Å². The summed E-state index contributed by atoms with van der Waals surface area (Å²) < 4.78 is 37.6. The molecule has 0 bridgehead atoms. The number of ether oxygens (including phenoxy) is 1. The topological polar surface area (TPSA) is 100 Å². The minimum absolute atomic E-state index is 0.00706. The number of amides is 1. The van der Waals surface area contributed by atoms with Crippen molar-refractivity contribution in [2.75, 3.05) is 45.9 Å². The lowest BCUT2D eigenvalue weighted by molar-refractivity contribution is -0.137. The number of likely N-dealkylation sites (N-methyl/N-ethyl adjacent to an activating group) is 1. The fraction of sp³-hybridized carbons (Fsp3) is 0.478. The zero-order chi connectivity index (χ0) is 24.0. The highest BCUT2D eigenvalue weighted by Gasteiger charge is 2.37. The first-order valence-corrected chi connectivity index (χ1v) is 12.6. The van der Waals surface area contributed by atoms with Crippen LogP contribution in [0.3, 0.4) is 0 Å². The molecule has 1 fully saturated rings. The van der Waals surface area contributed by atoms with Gasteiger partial charge in [-0.15, -0.1) is 0 Å². The lowest BCUT2D eigenvalue weighted by Gasteiger charge is -2.39. The number of carbonyl (C=O) groups excluding carboxylic acids is 2. The molecule has 180 valence electrons. The minimum Gasteiger partial charge on any atom is -0.460 e. The molecule has 0 spiro atoms. The third-order valence-corrected chi connectivity index (χ3v) is 7.49. The summed E-state index contributed by atoms with van der Waals surface area (Å²) in [5.41, 5.74) is 0.885. The van der Waals surface area contributed by atoms with Crippen LogP contribution in [-0.2, 0) is 19.6 Å². The van der Waals surface area contributed by atoms with E-state index in [9.17, 15) is 18.0 Å². The maximum absolute atomic E-state index is 13.3. The van der Waals surface area contributed by atoms with Gasteiger partial charge in [0.2, 0.25) is 16.8 Å². The Bertz CT molecular complexity index is 1040. The highest BCUT2D eigenvalue weighted by atomic mass is 32.2. The van der Waals surface area contributed by atoms with Crippen molar-refractivity contribution in [2.24, 2.45) is 0 Å². The van der Waals surface area contributed by atoms with Gasteiger partial charge in [-0.2, -0.15) is 4.31 Å². The fourth-order valence-corrected chi connectivity index (χ4v) is 5.29. The Kier molecular flexibility index (Phi) is 8.28. The van der Waals surface area contributed by atoms with E-state index in [-0.39, 0.29) is 36.5 Å². The first kappa shape index (κ1) is 24.9. The highest BCUT2D eigenvalue weighted by molar-refractivity contribution is 7.89. The standard InChI is InChI=1S/C23H31N3O6S/c1-4-24(5-2)22(27)21(18-10-8-7-9-11-18)25-14-16-26(17-15-25)33(29,30)20-13-12-19(32-20)23(28)31-6-3/h7-13,21H,4-6,14-17H2,1-3H3. The van der Waals surface area contributed by atoms with Crippen LogP contribution in [0.5, 0.6) is 0 Å². The first-order chi connectivity index (χ1) is 15.8. The van der Waals surface area contributed by atoms with Gasteiger partial charge in [0.1, 0.15) is 6.04 Å². The van der Waals surface area contributed by atoms with Crippen molar-refractivity contribution in [1.29, 1.82) is 0 Å². The molecule has 2 heterocycles. The van der Waals surface area contributed by atoms with Crippen LogP contribution < -0.4 is 0 Å². The molecule has 1 aromatic carbocycles. The van der Waals surface area contributed by atoms with Crippen LogP contribution >= 0.6 is 0 Å². The van der Waals surface area contributed by atoms with Crippen molar-refractivity contribution >= 4 is 21.9 Å². The molecular formula is C23H31N3O6S. The molecule has 2 aromatic rings. The van der Waals surface area contributed by atoms with Crippen LogP contribution in [0.4, 0.5) is 0 Å². The number of carbonyl (C=O) groups is 2. The number of nitrogens with zero attached hydrogens (tertiary/aromatic N) is 3. The lowest BCUT2D eigenvalue weighted by Crippen LogP contribution is -2.52. The summed E-state index contributed by atoms with van der Waals surface area (Å²) in [7, 11) is -3.91. The number of furan rings is 1. The van der Waals surface area contributed by atoms with Gasteiger partial charge in [-0.25, -0.2) is 13.2 Å². The molecule has 0 N–H and O–H groups in total. The number of hydrogen-bond acceptors (Lipinski definition) is 7. The van der Waals surface area contributed by atoms with Crippen molar-refractivity contribution in [3.63, 3.8) is 0 Å². The van der Waals surface area contributed by atoms with E-state index < -0.39 is 22.0 Å². The maximum atomic E-state index is 13.3. The predicted octanol–water partition coefficient (Wildman–Crippen LogP) is 2.37. The highest BCUT2D eigenvalue weighted by Crippen LogP contribution is 2.27. The molecule has 0 aliphatic carbocycles. The largest absolute Gasteiger partial charge is 0.460 e. The van der Waals surface area contributed by atoms with Crippen molar-refractivity contribution < 1.29 is 27.2 Å². The molecule has 33 heavy (non-hydrogen) atoms. The van der Waals surface area contributed by atoms with Gasteiger partial charge in [0.25, 0.3) is 10.0 Å². The summed E-state index contributed by atoms with van der Waals surface area (Å²) >= 11 is 0. The SMILES string of the molecule is CCOC(=O)c1ccc(S(=O)(=O)N2CCN(C(C(=O)N(CC)CC)c3ccccc3)CC2)o1. The van der Waals surface area contributed by atoms with E-state index in [1.54, 1.807) is 11.8 Å². The molecule has 1 atom stereocenters. The quantitative estimate of drug-likeness (QED) is 0.511. The van der Waals surface area contributed by atoms with Crippen LogP contribution in [0.15, 0.2) is 52.0 Å². The average Bonchev–Trinajstić information content (AvgIpc) is 3.33. The van der Waals surface area contributed by atoms with Gasteiger partial charge in [0, 0.05) is 39.3 Å². The number of sulfonamides is 1. The zero-order valence-electron chi connectivity index (χ0n) is 19.3. The molecule has 1 aromatic heterocycles. The normalized spacial score (nSPS) is 16.3. The smallest absolute Gasteiger partial charge is 0.374 e. The first-order valence-electron chi connectivity index (χ1n) is 11.2. The van der Waals surface area contributed by atoms with Gasteiger partial charge in [0.15, 0.2) is 0 Å². The van der Waals surface area contributed by atoms with Crippen LogP contribution in [0, 0.1) is 0 Å². The Labute approximate surface area is 194 Å². The number of hydrogen-bond donors (Lipinski definition) is 0. The Balaban J connectivity index is 1.76. The van der Waals surface area contributed by atoms with Crippen molar-refractivity contribution in [1.82, 2.24) is 14.1 Å². The third kappa shape index (κ3) is 5.45. The van der Waals surface area contributed by atoms with E-state index in [0.717, 1.165) is 5.56 Å². The summed E-state index contributed by atoms with van der Waals surface area (Å²) in [5, 5.41) is -0.294. The van der Waals surface area contributed by atoms with Crippen LogP contribution in [0.1, 0.15) is 42.9 Å². The van der Waals surface area contributed by atoms with Crippen LogP contribution in [-0.4, -0.2) is 80.3 Å². The van der Waals surface area contributed by atoms with Crippen LogP contribution in [0.25, 0.3) is 0 Å². The summed E-state index contributed by atoms with van der Waals surface area (Å²) in [6, 6.07) is 11.6. The molecule has 0 saturated carbocycles. The Hall–Kier alpha value is -2.69. The van der Waals surface area contributed by atoms with Crippen molar-refractivity contribution in [3.05, 3.63) is 53.8 Å². The van der Waals surface area contributed by atoms with E-state index in [1.807, 2.05) is 49.1 Å². The average molecular weight is 478 g/mol. The monoisotopic (exact) mass is 477 g/mol. The summed E-state index contributed by atoms with van der Waals surface area (Å²) in [6.45, 7) is 8.10. The zero-order valence-corrected chi connectivity index (χ0v) is 20.1. The van der Waals surface area contributed by atoms with E-state index in [4.69, 9.17) is 9.15 Å². The van der Waals surface area contributed by atoms with Crippen molar-refractivity contribution in [3.8, 4) is 0 Å². The Morgan fingerprint density at radius 2 is 1.64 bits per heavy atom. The molecule has 10 heteroatoms.